The lowest BCUT2D eigenvalue weighted by Gasteiger charge is -2.30. The van der Waals surface area contributed by atoms with Gasteiger partial charge in [0, 0.05) is 53.6 Å². The number of amides is 1. The van der Waals surface area contributed by atoms with Crippen LogP contribution in [0.25, 0.3) is 16.7 Å². The predicted molar refractivity (Wildman–Crippen MR) is 157 cm³/mol. The largest absolute Gasteiger partial charge is 0.461 e. The van der Waals surface area contributed by atoms with Gasteiger partial charge in [0.05, 0.1) is 23.5 Å². The van der Waals surface area contributed by atoms with Crippen molar-refractivity contribution in [3.8, 4) is 5.69 Å². The molecule has 39 heavy (non-hydrogen) atoms. The van der Waals surface area contributed by atoms with Crippen LogP contribution in [0.3, 0.4) is 0 Å². The van der Waals surface area contributed by atoms with E-state index < -0.39 is 0 Å². The van der Waals surface area contributed by atoms with Gasteiger partial charge in [0.15, 0.2) is 5.16 Å². The minimum Gasteiger partial charge on any atom is -0.461 e. The third-order valence-corrected chi connectivity index (χ3v) is 9.25. The van der Waals surface area contributed by atoms with Gasteiger partial charge in [-0.15, -0.1) is 12.6 Å². The van der Waals surface area contributed by atoms with Crippen molar-refractivity contribution < 1.29 is 9.21 Å². The van der Waals surface area contributed by atoms with E-state index >= 15 is 0 Å². The fraction of sp³-hybridized carbons (Fsp3) is 0.367. The van der Waals surface area contributed by atoms with Crippen LogP contribution < -0.4 is 10.9 Å². The summed E-state index contributed by atoms with van der Waals surface area (Å²) in [5.41, 5.74) is 4.03. The van der Waals surface area contributed by atoms with Gasteiger partial charge < -0.3 is 14.6 Å². The summed E-state index contributed by atoms with van der Waals surface area (Å²) < 4.78 is 7.55. The molecule has 3 heterocycles. The van der Waals surface area contributed by atoms with Gasteiger partial charge in [0.25, 0.3) is 5.56 Å². The average Bonchev–Trinajstić information content (AvgIpc) is 3.30. The molecule has 4 aromatic rings. The van der Waals surface area contributed by atoms with Crippen LogP contribution in [-0.2, 0) is 24.3 Å². The topological polar surface area (TPSA) is 80.4 Å². The monoisotopic (exact) mass is 560 g/mol. The Morgan fingerprint density at radius 2 is 2.05 bits per heavy atom. The number of nitrogens with one attached hydrogen (secondary N) is 1. The van der Waals surface area contributed by atoms with E-state index in [1.807, 2.05) is 55.5 Å². The second-order valence-electron chi connectivity index (χ2n) is 10.3. The van der Waals surface area contributed by atoms with E-state index in [1.165, 1.54) is 6.42 Å². The lowest BCUT2D eigenvalue weighted by atomic mass is 10.0. The van der Waals surface area contributed by atoms with Crippen LogP contribution in [0.5, 0.6) is 0 Å². The highest BCUT2D eigenvalue weighted by atomic mass is 32.2. The van der Waals surface area contributed by atoms with Gasteiger partial charge in [-0.3, -0.25) is 14.2 Å². The Bertz CT molecular complexity index is 1590. The molecule has 0 atom stereocenters. The van der Waals surface area contributed by atoms with Crippen LogP contribution in [0.2, 0.25) is 0 Å². The number of aryl methyl sites for hydroxylation is 1. The lowest BCUT2D eigenvalue weighted by molar-refractivity contribution is -0.132. The van der Waals surface area contributed by atoms with E-state index in [-0.39, 0.29) is 18.0 Å². The Morgan fingerprint density at radius 3 is 2.85 bits per heavy atom. The van der Waals surface area contributed by atoms with Gasteiger partial charge in [-0.05, 0) is 38.0 Å². The van der Waals surface area contributed by atoms with Crippen LogP contribution >= 0.6 is 24.4 Å². The third-order valence-electron chi connectivity index (χ3n) is 7.58. The number of rotatable bonds is 8. The van der Waals surface area contributed by atoms with Crippen LogP contribution in [0, 0.1) is 6.92 Å². The van der Waals surface area contributed by atoms with Gasteiger partial charge >= 0.3 is 0 Å². The Hall–Kier alpha value is -3.01. The first-order chi connectivity index (χ1) is 19.0. The summed E-state index contributed by atoms with van der Waals surface area (Å²) in [7, 11) is 0. The number of thioether (sulfide) groups is 1. The number of fused-ring (bicyclic) bond motifs is 2. The maximum absolute atomic E-state index is 13.9. The molecule has 9 heteroatoms. The number of hydrogen-bond donors (Lipinski definition) is 2. The molecule has 6 rings (SSSR count). The zero-order chi connectivity index (χ0) is 26.9. The highest BCUT2D eigenvalue weighted by molar-refractivity contribution is 7.99. The highest BCUT2D eigenvalue weighted by Crippen LogP contribution is 2.37. The van der Waals surface area contributed by atoms with Crippen molar-refractivity contribution in [2.75, 3.05) is 13.1 Å². The smallest absolute Gasteiger partial charge is 0.264 e. The minimum absolute atomic E-state index is 0.0358. The molecule has 2 aromatic carbocycles. The molecular weight excluding hydrogens is 528 g/mol. The number of benzene rings is 2. The molecule has 0 radical (unpaired) electrons. The second-order valence-corrected chi connectivity index (χ2v) is 12.1. The van der Waals surface area contributed by atoms with Gasteiger partial charge in [0.2, 0.25) is 5.91 Å². The molecule has 202 valence electrons. The van der Waals surface area contributed by atoms with Crippen LogP contribution in [-0.4, -0.2) is 38.7 Å². The van der Waals surface area contributed by atoms with Crippen molar-refractivity contribution in [2.24, 2.45) is 0 Å². The summed E-state index contributed by atoms with van der Waals surface area (Å²) in [6, 6.07) is 15.8. The number of para-hydroxylation sites is 2. The molecule has 0 bridgehead atoms. The highest BCUT2D eigenvalue weighted by Gasteiger charge is 2.29. The summed E-state index contributed by atoms with van der Waals surface area (Å²) in [6.07, 6.45) is 4.46. The van der Waals surface area contributed by atoms with Gasteiger partial charge in [-0.25, -0.2) is 4.98 Å². The number of aromatic nitrogens is 2. The van der Waals surface area contributed by atoms with E-state index in [0.717, 1.165) is 56.6 Å². The van der Waals surface area contributed by atoms with E-state index in [1.54, 1.807) is 21.2 Å². The van der Waals surface area contributed by atoms with E-state index in [9.17, 15) is 9.59 Å². The van der Waals surface area contributed by atoms with Crippen LogP contribution in [0.15, 0.2) is 67.8 Å². The van der Waals surface area contributed by atoms with E-state index in [2.05, 4.69) is 17.9 Å². The normalized spacial score (nSPS) is 15.4. The number of thiol groups is 1. The number of furan rings is 1. The Labute approximate surface area is 237 Å². The van der Waals surface area contributed by atoms with Crippen molar-refractivity contribution in [2.45, 2.75) is 67.4 Å². The van der Waals surface area contributed by atoms with Crippen LogP contribution in [0.4, 0.5) is 0 Å². The van der Waals surface area contributed by atoms with Crippen molar-refractivity contribution >= 4 is 41.3 Å². The Kier molecular flexibility index (Phi) is 7.55. The number of nitrogens with zero attached hydrogens (tertiary/aromatic N) is 3. The predicted octanol–water partition coefficient (Wildman–Crippen LogP) is 5.29. The number of hydrogen-bond acceptors (Lipinski definition) is 7. The lowest BCUT2D eigenvalue weighted by Crippen LogP contribution is -2.42. The standard InChI is InChI=1S/C30H32N4O3S2/c1-19-16-20-6-4-7-21(28(20)37-19)17-31-14-12-27(35)33-15-13-24-23(18-33)29(36)34(25-10-2-3-11-26(25)38)30(32-24)39-22-8-5-9-22/h2-4,6-7,10-11,16,22,31,38H,5,8-9,12-15,17-18H2,1H3. The molecule has 7 nitrogen and oxygen atoms in total. The maximum atomic E-state index is 13.9. The van der Waals surface area contributed by atoms with Crippen LogP contribution in [0.1, 0.15) is 48.3 Å². The SMILES string of the molecule is Cc1cc2cccc(CNCCC(=O)N3CCc4nc(SC5CCC5)n(-c5ccccc5S)c(=O)c4C3)c2o1. The van der Waals surface area contributed by atoms with Crippen molar-refractivity contribution in [1.82, 2.24) is 19.8 Å². The first-order valence-electron chi connectivity index (χ1n) is 13.5. The fourth-order valence-electron chi connectivity index (χ4n) is 5.22. The van der Waals surface area contributed by atoms with Crippen molar-refractivity contribution in [3.05, 3.63) is 81.5 Å². The molecule has 1 saturated carbocycles. The van der Waals surface area contributed by atoms with E-state index in [4.69, 9.17) is 9.40 Å². The summed E-state index contributed by atoms with van der Waals surface area (Å²) in [4.78, 5) is 34.5. The zero-order valence-electron chi connectivity index (χ0n) is 22.0. The number of carbonyl (C=O) groups is 1. The first kappa shape index (κ1) is 26.2. The van der Waals surface area contributed by atoms with Crippen molar-refractivity contribution in [3.63, 3.8) is 0 Å². The molecule has 2 aromatic heterocycles. The molecule has 1 N–H and O–H groups in total. The maximum Gasteiger partial charge on any atom is 0.264 e. The first-order valence-corrected chi connectivity index (χ1v) is 14.9. The summed E-state index contributed by atoms with van der Waals surface area (Å²) >= 11 is 6.32. The van der Waals surface area contributed by atoms with Gasteiger partial charge in [-0.2, -0.15) is 0 Å². The van der Waals surface area contributed by atoms with Gasteiger partial charge in [0.1, 0.15) is 11.3 Å². The fourth-order valence-corrected chi connectivity index (χ4v) is 6.80. The van der Waals surface area contributed by atoms with E-state index in [0.29, 0.717) is 43.3 Å². The minimum atomic E-state index is -0.0965. The summed E-state index contributed by atoms with van der Waals surface area (Å²) in [6.45, 7) is 3.98. The molecule has 0 saturated heterocycles. The molecule has 1 fully saturated rings. The average molecular weight is 561 g/mol. The summed E-state index contributed by atoms with van der Waals surface area (Å²) in [5, 5.41) is 5.69. The number of carbonyl (C=O) groups excluding carboxylic acids is 1. The van der Waals surface area contributed by atoms with Crippen molar-refractivity contribution in [1.29, 1.82) is 0 Å². The second kappa shape index (κ2) is 11.2. The van der Waals surface area contributed by atoms with Gasteiger partial charge in [-0.1, -0.05) is 48.5 Å². The Morgan fingerprint density at radius 1 is 1.21 bits per heavy atom. The summed E-state index contributed by atoms with van der Waals surface area (Å²) in [5.74, 6) is 0.923. The third kappa shape index (κ3) is 5.40. The quantitative estimate of drug-likeness (QED) is 0.173. The molecule has 1 aliphatic heterocycles. The molecule has 0 unspecified atom stereocenters. The Balaban J connectivity index is 1.16. The molecule has 0 spiro atoms. The molecule has 1 amide bonds. The molecule has 1 aliphatic carbocycles. The zero-order valence-corrected chi connectivity index (χ0v) is 23.7. The molecule has 2 aliphatic rings. The molecular formula is C30H32N4O3S2.